The summed E-state index contributed by atoms with van der Waals surface area (Å²) in [6.07, 6.45) is 0.556. The van der Waals surface area contributed by atoms with Gasteiger partial charge >= 0.3 is 0 Å². The number of rotatable bonds is 2. The zero-order valence-electron chi connectivity index (χ0n) is 12.2. The van der Waals surface area contributed by atoms with Crippen LogP contribution in [0.3, 0.4) is 0 Å². The van der Waals surface area contributed by atoms with Crippen LogP contribution in [0.1, 0.15) is 27.9 Å². The van der Waals surface area contributed by atoms with E-state index in [2.05, 4.69) is 10.3 Å². The summed E-state index contributed by atoms with van der Waals surface area (Å²) < 4.78 is 26.2. The highest BCUT2D eigenvalue weighted by Crippen LogP contribution is 2.29. The van der Waals surface area contributed by atoms with Crippen molar-refractivity contribution in [3.05, 3.63) is 46.0 Å². The summed E-state index contributed by atoms with van der Waals surface area (Å²) in [6, 6.07) is 3.12. The molecule has 120 valence electrons. The molecule has 0 saturated heterocycles. The number of benzene rings is 1. The molecular formula is C15H13F2N3O2S. The number of anilines is 1. The Labute approximate surface area is 134 Å². The van der Waals surface area contributed by atoms with E-state index in [0.29, 0.717) is 24.6 Å². The molecule has 0 spiro atoms. The largest absolute Gasteiger partial charge is 0.333 e. The third-order valence-electron chi connectivity index (χ3n) is 3.47. The van der Waals surface area contributed by atoms with Gasteiger partial charge in [0.2, 0.25) is 5.91 Å². The monoisotopic (exact) mass is 337 g/mol. The average molecular weight is 337 g/mol. The lowest BCUT2D eigenvalue weighted by molar-refractivity contribution is -0.114. The molecule has 2 heterocycles. The standard InChI is InChI=1S/C15H13F2N3O2S/c1-8(21)18-15-19-12-4-5-20(7-13(12)23-15)14(22)9-2-3-10(16)11(17)6-9/h2-3,6H,4-5,7H2,1H3,(H,18,19,21). The van der Waals surface area contributed by atoms with Crippen LogP contribution in [0.15, 0.2) is 18.2 Å². The second kappa shape index (κ2) is 6.04. The van der Waals surface area contributed by atoms with E-state index in [-0.39, 0.29) is 17.4 Å². The quantitative estimate of drug-likeness (QED) is 0.916. The number of fused-ring (bicyclic) bond motifs is 1. The van der Waals surface area contributed by atoms with Crippen molar-refractivity contribution in [3.63, 3.8) is 0 Å². The average Bonchev–Trinajstić information content (AvgIpc) is 2.89. The zero-order valence-corrected chi connectivity index (χ0v) is 13.0. The van der Waals surface area contributed by atoms with Crippen LogP contribution >= 0.6 is 11.3 Å². The minimum atomic E-state index is -1.04. The van der Waals surface area contributed by atoms with E-state index in [1.807, 2.05) is 0 Å². The lowest BCUT2D eigenvalue weighted by Crippen LogP contribution is -2.35. The molecule has 5 nitrogen and oxygen atoms in total. The van der Waals surface area contributed by atoms with Gasteiger partial charge in [-0.15, -0.1) is 0 Å². The Morgan fingerprint density at radius 2 is 2.09 bits per heavy atom. The Kier molecular flexibility index (Phi) is 4.08. The fraction of sp³-hybridized carbons (Fsp3) is 0.267. The normalized spacial score (nSPS) is 13.6. The van der Waals surface area contributed by atoms with E-state index in [4.69, 9.17) is 0 Å². The van der Waals surface area contributed by atoms with Gasteiger partial charge in [-0.1, -0.05) is 11.3 Å². The molecule has 1 aromatic heterocycles. The number of amides is 2. The van der Waals surface area contributed by atoms with E-state index in [0.717, 1.165) is 22.7 Å². The van der Waals surface area contributed by atoms with Crippen molar-refractivity contribution in [1.82, 2.24) is 9.88 Å². The van der Waals surface area contributed by atoms with Crippen molar-refractivity contribution in [2.24, 2.45) is 0 Å². The van der Waals surface area contributed by atoms with Gasteiger partial charge in [-0.2, -0.15) is 0 Å². The molecular weight excluding hydrogens is 324 g/mol. The minimum Gasteiger partial charge on any atom is -0.333 e. The van der Waals surface area contributed by atoms with Crippen LogP contribution in [0.25, 0.3) is 0 Å². The lowest BCUT2D eigenvalue weighted by Gasteiger charge is -2.26. The molecule has 1 aromatic carbocycles. The highest BCUT2D eigenvalue weighted by Gasteiger charge is 2.25. The molecule has 2 amide bonds. The second-order valence-corrected chi connectivity index (χ2v) is 6.26. The van der Waals surface area contributed by atoms with E-state index in [1.54, 1.807) is 4.90 Å². The SMILES string of the molecule is CC(=O)Nc1nc2c(s1)CN(C(=O)c1ccc(F)c(F)c1)CC2. The van der Waals surface area contributed by atoms with Gasteiger partial charge in [0.15, 0.2) is 16.8 Å². The van der Waals surface area contributed by atoms with Crippen molar-refractivity contribution in [2.45, 2.75) is 19.9 Å². The second-order valence-electron chi connectivity index (χ2n) is 5.18. The first-order valence-electron chi connectivity index (χ1n) is 6.94. The lowest BCUT2D eigenvalue weighted by atomic mass is 10.1. The Morgan fingerprint density at radius 1 is 1.30 bits per heavy atom. The molecule has 8 heteroatoms. The summed E-state index contributed by atoms with van der Waals surface area (Å²) in [5.41, 5.74) is 0.965. The molecule has 0 unspecified atom stereocenters. The van der Waals surface area contributed by atoms with E-state index < -0.39 is 11.6 Å². The van der Waals surface area contributed by atoms with Gasteiger partial charge in [-0.3, -0.25) is 9.59 Å². The van der Waals surface area contributed by atoms with Crippen molar-refractivity contribution in [1.29, 1.82) is 0 Å². The number of carbonyl (C=O) groups is 2. The number of hydrogen-bond acceptors (Lipinski definition) is 4. The fourth-order valence-electron chi connectivity index (χ4n) is 2.38. The molecule has 2 aromatic rings. The van der Waals surface area contributed by atoms with Gasteiger partial charge in [-0.05, 0) is 18.2 Å². The van der Waals surface area contributed by atoms with Crippen LogP contribution in [-0.2, 0) is 17.8 Å². The number of halogens is 2. The van der Waals surface area contributed by atoms with Gasteiger partial charge in [0, 0.05) is 30.3 Å². The van der Waals surface area contributed by atoms with Crippen molar-refractivity contribution >= 4 is 28.3 Å². The minimum absolute atomic E-state index is 0.110. The molecule has 0 bridgehead atoms. The summed E-state index contributed by atoms with van der Waals surface area (Å²) in [5, 5.41) is 3.13. The summed E-state index contributed by atoms with van der Waals surface area (Å²) in [5.74, 6) is -2.58. The van der Waals surface area contributed by atoms with Crippen molar-refractivity contribution in [3.8, 4) is 0 Å². The van der Waals surface area contributed by atoms with E-state index >= 15 is 0 Å². The zero-order chi connectivity index (χ0) is 16.6. The van der Waals surface area contributed by atoms with Crippen LogP contribution < -0.4 is 5.32 Å². The van der Waals surface area contributed by atoms with Crippen LogP contribution in [0.5, 0.6) is 0 Å². The van der Waals surface area contributed by atoms with Gasteiger partial charge < -0.3 is 10.2 Å². The summed E-state index contributed by atoms with van der Waals surface area (Å²) in [4.78, 5) is 30.2. The first-order chi connectivity index (χ1) is 10.9. The molecule has 1 aliphatic heterocycles. The Bertz CT molecular complexity index is 791. The summed E-state index contributed by atoms with van der Waals surface area (Å²) >= 11 is 1.31. The molecule has 1 N–H and O–H groups in total. The maximum atomic E-state index is 13.3. The number of thiazole rings is 1. The Morgan fingerprint density at radius 3 is 2.78 bits per heavy atom. The van der Waals surface area contributed by atoms with Crippen LogP contribution in [0.2, 0.25) is 0 Å². The third-order valence-corrected chi connectivity index (χ3v) is 4.47. The first-order valence-corrected chi connectivity index (χ1v) is 7.76. The highest BCUT2D eigenvalue weighted by molar-refractivity contribution is 7.15. The molecule has 0 fully saturated rings. The number of hydrogen-bond donors (Lipinski definition) is 1. The van der Waals surface area contributed by atoms with Crippen LogP contribution in [-0.4, -0.2) is 28.2 Å². The summed E-state index contributed by atoms with van der Waals surface area (Å²) in [7, 11) is 0. The third kappa shape index (κ3) is 3.21. The molecule has 1 aliphatic rings. The molecule has 3 rings (SSSR count). The van der Waals surface area contributed by atoms with Crippen molar-refractivity contribution in [2.75, 3.05) is 11.9 Å². The number of nitrogens with one attached hydrogen (secondary N) is 1. The smallest absolute Gasteiger partial charge is 0.254 e. The predicted molar refractivity (Wildman–Crippen MR) is 81.2 cm³/mol. The molecule has 0 radical (unpaired) electrons. The van der Waals surface area contributed by atoms with E-state index in [1.165, 1.54) is 24.3 Å². The molecule has 0 saturated carbocycles. The maximum absolute atomic E-state index is 13.3. The van der Waals surface area contributed by atoms with Gasteiger partial charge in [0.25, 0.3) is 5.91 Å². The molecule has 23 heavy (non-hydrogen) atoms. The van der Waals surface area contributed by atoms with Crippen molar-refractivity contribution < 1.29 is 18.4 Å². The Balaban J connectivity index is 1.78. The topological polar surface area (TPSA) is 62.3 Å². The number of carbonyl (C=O) groups excluding carboxylic acids is 2. The number of nitrogens with zero attached hydrogens (tertiary/aromatic N) is 2. The summed E-state index contributed by atoms with van der Waals surface area (Å²) in [6.45, 7) is 2.18. The van der Waals surface area contributed by atoms with Gasteiger partial charge in [0.05, 0.1) is 12.2 Å². The van der Waals surface area contributed by atoms with Gasteiger partial charge in [0.1, 0.15) is 0 Å². The van der Waals surface area contributed by atoms with E-state index in [9.17, 15) is 18.4 Å². The fourth-order valence-corrected chi connectivity index (χ4v) is 3.45. The van der Waals surface area contributed by atoms with Gasteiger partial charge in [-0.25, -0.2) is 13.8 Å². The predicted octanol–water partition coefficient (Wildman–Crippen LogP) is 2.58. The number of aromatic nitrogens is 1. The molecule has 0 aliphatic carbocycles. The Hall–Kier alpha value is -2.35. The molecule has 0 atom stereocenters. The maximum Gasteiger partial charge on any atom is 0.254 e. The van der Waals surface area contributed by atoms with Crippen LogP contribution in [0, 0.1) is 11.6 Å². The van der Waals surface area contributed by atoms with Crippen LogP contribution in [0.4, 0.5) is 13.9 Å². The first kappa shape index (κ1) is 15.5. The highest BCUT2D eigenvalue weighted by atomic mass is 32.1.